The molecule has 332 valence electrons. The van der Waals surface area contributed by atoms with Crippen molar-refractivity contribution in [3.8, 4) is 33.4 Å². The number of aryl methyl sites for hydroxylation is 1. The highest BCUT2D eigenvalue weighted by Crippen LogP contribution is 2.56. The zero-order chi connectivity index (χ0) is 46.8. The summed E-state index contributed by atoms with van der Waals surface area (Å²) in [6, 6.07) is 70.0. The monoisotopic (exact) mass is 904 g/mol. The van der Waals surface area contributed by atoms with Gasteiger partial charge in [-0.25, -0.2) is 0 Å². The van der Waals surface area contributed by atoms with Gasteiger partial charge in [0, 0.05) is 49.4 Å². The standard InChI is InChI=1S/C64H54B2N2S/c1-38(2)44-30-33-55-50(35-44)65-49-26-15-17-28-57(49)69-64-59(58-47(42-20-10-8-11-21-42)24-18-25-48(58)43-22-12-9-13-23-43)62-60-63(61(64)65)68(55)56-34-31-46(40(5)6)37-52(56)66(60)51-36-45(39(3)4)29-32-54(51)67(62)53-27-16-14-19-41(53)7/h8-40H,1-7H3. The molecular formula is C64H54B2N2S. The Morgan fingerprint density at radius 3 is 1.38 bits per heavy atom. The Bertz CT molecular complexity index is 3500. The molecule has 9 aromatic rings. The van der Waals surface area contributed by atoms with Gasteiger partial charge in [-0.2, -0.15) is 0 Å². The van der Waals surface area contributed by atoms with Gasteiger partial charge in [-0.15, -0.1) is 0 Å². The minimum absolute atomic E-state index is 0.0259. The molecule has 0 saturated heterocycles. The highest BCUT2D eigenvalue weighted by atomic mass is 32.2. The van der Waals surface area contributed by atoms with Crippen LogP contribution in [0.3, 0.4) is 0 Å². The summed E-state index contributed by atoms with van der Waals surface area (Å²) in [6.45, 7) is 16.4. The van der Waals surface area contributed by atoms with Gasteiger partial charge in [0.1, 0.15) is 0 Å². The first-order valence-electron chi connectivity index (χ1n) is 25.0. The van der Waals surface area contributed by atoms with Gasteiger partial charge in [0.25, 0.3) is 6.71 Å². The van der Waals surface area contributed by atoms with Crippen LogP contribution in [0.25, 0.3) is 33.4 Å². The van der Waals surface area contributed by atoms with Crippen LogP contribution in [0.2, 0.25) is 0 Å². The largest absolute Gasteiger partial charge is 0.312 e. The number of hydrogen-bond acceptors (Lipinski definition) is 3. The van der Waals surface area contributed by atoms with Gasteiger partial charge in [-0.05, 0) is 127 Å². The predicted octanol–water partition coefficient (Wildman–Crippen LogP) is 13.7. The zero-order valence-electron chi connectivity index (χ0n) is 40.5. The molecule has 0 amide bonds. The van der Waals surface area contributed by atoms with Crippen molar-refractivity contribution in [2.75, 3.05) is 9.80 Å². The van der Waals surface area contributed by atoms with E-state index in [0.29, 0.717) is 17.8 Å². The molecule has 0 aromatic heterocycles. The van der Waals surface area contributed by atoms with Crippen molar-refractivity contribution in [2.24, 2.45) is 0 Å². The highest BCUT2D eigenvalue weighted by molar-refractivity contribution is 8.00. The first-order valence-corrected chi connectivity index (χ1v) is 25.8. The number of benzene rings is 9. The normalized spacial score (nSPS) is 13.7. The van der Waals surface area contributed by atoms with E-state index in [1.54, 1.807) is 0 Å². The maximum absolute atomic E-state index is 2.72. The first-order chi connectivity index (χ1) is 33.7. The van der Waals surface area contributed by atoms with Crippen LogP contribution in [0.1, 0.15) is 81.5 Å². The number of hydrogen-bond donors (Lipinski definition) is 0. The van der Waals surface area contributed by atoms with Gasteiger partial charge < -0.3 is 9.80 Å². The maximum Gasteiger partial charge on any atom is 0.252 e. The molecule has 0 fully saturated rings. The fourth-order valence-corrected chi connectivity index (χ4v) is 13.5. The zero-order valence-corrected chi connectivity index (χ0v) is 41.3. The van der Waals surface area contributed by atoms with Gasteiger partial charge in [0.2, 0.25) is 6.71 Å². The molecule has 13 rings (SSSR count). The van der Waals surface area contributed by atoms with Crippen molar-refractivity contribution >= 4 is 92.1 Å². The number of nitrogens with zero attached hydrogens (tertiary/aromatic N) is 2. The molecule has 2 nitrogen and oxygen atoms in total. The number of anilines is 6. The molecule has 0 N–H and O–H groups in total. The molecule has 69 heavy (non-hydrogen) atoms. The summed E-state index contributed by atoms with van der Waals surface area (Å²) >= 11 is 1.99. The van der Waals surface area contributed by atoms with Crippen LogP contribution < -0.4 is 42.6 Å². The van der Waals surface area contributed by atoms with E-state index in [1.807, 2.05) is 11.8 Å². The molecule has 0 spiro atoms. The SMILES string of the molecule is Cc1ccccc1N1c2ccc(C(C)C)cc2B2c3cc(C(C)C)ccc3N3c4ccc(C(C)C)cc4B4c5ccccc5Sc5c4c3c2c1c5-c1c(-c2ccccc2)cccc1-c1ccccc1. The Morgan fingerprint density at radius 2 is 0.855 bits per heavy atom. The summed E-state index contributed by atoms with van der Waals surface area (Å²) < 4.78 is 0. The van der Waals surface area contributed by atoms with Crippen LogP contribution in [0.4, 0.5) is 34.1 Å². The van der Waals surface area contributed by atoms with E-state index in [-0.39, 0.29) is 13.4 Å². The van der Waals surface area contributed by atoms with E-state index in [4.69, 9.17) is 0 Å². The van der Waals surface area contributed by atoms with Gasteiger partial charge in [0.15, 0.2) is 0 Å². The molecule has 0 saturated carbocycles. The first kappa shape index (κ1) is 42.2. The van der Waals surface area contributed by atoms with Crippen molar-refractivity contribution in [1.82, 2.24) is 0 Å². The second kappa shape index (κ2) is 16.1. The molecule has 0 aliphatic carbocycles. The van der Waals surface area contributed by atoms with E-state index in [2.05, 4.69) is 240 Å². The van der Waals surface area contributed by atoms with Crippen LogP contribution >= 0.6 is 11.8 Å². The molecule has 0 unspecified atom stereocenters. The summed E-state index contributed by atoms with van der Waals surface area (Å²) in [5.41, 5.74) is 28.9. The minimum Gasteiger partial charge on any atom is -0.312 e. The Balaban J connectivity index is 1.30. The van der Waals surface area contributed by atoms with Gasteiger partial charge in [0.05, 0.1) is 5.69 Å². The summed E-state index contributed by atoms with van der Waals surface area (Å²) in [5, 5.41) is 0. The lowest BCUT2D eigenvalue weighted by molar-refractivity contribution is 0.867. The molecule has 5 heteroatoms. The number of fused-ring (bicyclic) bond motifs is 10. The Labute approximate surface area is 413 Å². The minimum atomic E-state index is -0.0265. The molecule has 4 heterocycles. The molecule has 4 aliphatic rings. The number of para-hydroxylation sites is 1. The smallest absolute Gasteiger partial charge is 0.252 e. The fraction of sp³-hybridized carbons (Fsp3) is 0.156. The average Bonchev–Trinajstić information content (AvgIpc) is 3.38. The maximum atomic E-state index is 2.72. The predicted molar refractivity (Wildman–Crippen MR) is 299 cm³/mol. The third-order valence-corrected chi connectivity index (χ3v) is 16.8. The van der Waals surface area contributed by atoms with Crippen LogP contribution in [0, 0.1) is 6.92 Å². The average molecular weight is 905 g/mol. The van der Waals surface area contributed by atoms with Crippen LogP contribution in [-0.2, 0) is 0 Å². The summed E-state index contributed by atoms with van der Waals surface area (Å²) in [4.78, 5) is 8.09. The van der Waals surface area contributed by atoms with Gasteiger partial charge in [-0.1, -0.05) is 210 Å². The van der Waals surface area contributed by atoms with E-state index in [0.717, 1.165) is 0 Å². The Kier molecular flexibility index (Phi) is 9.83. The third kappa shape index (κ3) is 6.29. The van der Waals surface area contributed by atoms with E-state index >= 15 is 0 Å². The second-order valence-electron chi connectivity index (χ2n) is 20.6. The van der Waals surface area contributed by atoms with E-state index in [9.17, 15) is 0 Å². The van der Waals surface area contributed by atoms with Crippen molar-refractivity contribution in [1.29, 1.82) is 0 Å². The van der Waals surface area contributed by atoms with Gasteiger partial charge in [-0.3, -0.25) is 0 Å². The lowest BCUT2D eigenvalue weighted by Gasteiger charge is -2.51. The van der Waals surface area contributed by atoms with E-state index < -0.39 is 0 Å². The van der Waals surface area contributed by atoms with Crippen LogP contribution in [0.15, 0.2) is 192 Å². The lowest BCUT2D eigenvalue weighted by atomic mass is 9.29. The van der Waals surface area contributed by atoms with Crippen molar-refractivity contribution in [2.45, 2.75) is 76.0 Å². The highest BCUT2D eigenvalue weighted by Gasteiger charge is 2.52. The van der Waals surface area contributed by atoms with E-state index in [1.165, 1.54) is 132 Å². The summed E-state index contributed by atoms with van der Waals surface area (Å²) in [6.07, 6.45) is 0. The molecule has 0 radical (unpaired) electrons. The van der Waals surface area contributed by atoms with Crippen molar-refractivity contribution in [3.63, 3.8) is 0 Å². The fourth-order valence-electron chi connectivity index (χ4n) is 12.2. The third-order valence-electron chi connectivity index (χ3n) is 15.6. The molecule has 4 aliphatic heterocycles. The van der Waals surface area contributed by atoms with Crippen LogP contribution in [0.5, 0.6) is 0 Å². The van der Waals surface area contributed by atoms with Crippen molar-refractivity contribution in [3.05, 3.63) is 204 Å². The summed E-state index contributed by atoms with van der Waals surface area (Å²) in [7, 11) is 0. The molecular weight excluding hydrogens is 850 g/mol. The molecule has 0 atom stereocenters. The molecule has 0 bridgehead atoms. The van der Waals surface area contributed by atoms with Gasteiger partial charge >= 0.3 is 0 Å². The topological polar surface area (TPSA) is 6.48 Å². The Hall–Kier alpha value is -6.94. The quantitative estimate of drug-likeness (QED) is 0.147. The Morgan fingerprint density at radius 1 is 0.391 bits per heavy atom. The molecule has 9 aromatic carbocycles. The summed E-state index contributed by atoms with van der Waals surface area (Å²) in [5.74, 6) is 1.12. The second-order valence-corrected chi connectivity index (χ2v) is 21.6. The van der Waals surface area contributed by atoms with Crippen LogP contribution in [-0.4, -0.2) is 13.4 Å². The lowest BCUT2D eigenvalue weighted by Crippen LogP contribution is -2.68. The van der Waals surface area contributed by atoms with Crippen molar-refractivity contribution < 1.29 is 0 Å². The number of rotatable bonds is 7.